The second kappa shape index (κ2) is 11.5. The first kappa shape index (κ1) is 24.3. The van der Waals surface area contributed by atoms with E-state index >= 15 is 0 Å². The predicted molar refractivity (Wildman–Crippen MR) is 146 cm³/mol. The minimum Gasteiger partial charge on any atom is -0.456 e. The van der Waals surface area contributed by atoms with Crippen molar-refractivity contribution in [2.24, 2.45) is 0 Å². The van der Waals surface area contributed by atoms with Gasteiger partial charge in [0.2, 0.25) is 0 Å². The van der Waals surface area contributed by atoms with Crippen LogP contribution in [0.3, 0.4) is 0 Å². The van der Waals surface area contributed by atoms with Gasteiger partial charge in [-0.15, -0.1) is 0 Å². The van der Waals surface area contributed by atoms with Gasteiger partial charge in [0.05, 0.1) is 12.1 Å². The number of likely N-dealkylation sites (tertiary alicyclic amines) is 1. The molecular formula is C31H34N2O3. The summed E-state index contributed by atoms with van der Waals surface area (Å²) in [7, 11) is 1.80. The summed E-state index contributed by atoms with van der Waals surface area (Å²) in [6, 6.07) is 26.6. The van der Waals surface area contributed by atoms with Crippen molar-refractivity contribution in [3.63, 3.8) is 0 Å². The molecule has 0 radical (unpaired) electrons. The van der Waals surface area contributed by atoms with Gasteiger partial charge in [0.1, 0.15) is 11.5 Å². The number of pyridine rings is 1. The number of fused-ring (bicyclic) bond motifs is 1. The standard InChI is InChI=1S/C31H34N2O3/c1-35-22-26-10-7-19-33(26)18-5-4-8-23-14-16-24(17-15-23)25-9-6-11-27(20-25)36-30-21-31(34)32-29-13-3-2-12-28(29)30/h2-3,6,9,11-17,20-21,26H,4-5,7-8,10,18-19,22H2,1H3,(H,32,34)/t26-/m0/s1. The lowest BCUT2D eigenvalue weighted by atomic mass is 10.0. The highest BCUT2D eigenvalue weighted by molar-refractivity contribution is 5.85. The highest BCUT2D eigenvalue weighted by Gasteiger charge is 2.23. The van der Waals surface area contributed by atoms with Crippen LogP contribution in [0.4, 0.5) is 0 Å². The molecule has 0 aliphatic carbocycles. The summed E-state index contributed by atoms with van der Waals surface area (Å²) in [5.41, 5.74) is 4.20. The molecule has 0 bridgehead atoms. The van der Waals surface area contributed by atoms with E-state index in [9.17, 15) is 4.79 Å². The molecule has 5 rings (SSSR count). The number of nitrogens with one attached hydrogen (secondary N) is 1. The maximum atomic E-state index is 12.1. The second-order valence-corrected chi connectivity index (χ2v) is 9.61. The molecule has 5 nitrogen and oxygen atoms in total. The van der Waals surface area contributed by atoms with Crippen molar-refractivity contribution in [2.75, 3.05) is 26.8 Å². The zero-order chi connectivity index (χ0) is 24.7. The zero-order valence-corrected chi connectivity index (χ0v) is 20.9. The summed E-state index contributed by atoms with van der Waals surface area (Å²) in [6.07, 6.45) is 6.08. The van der Waals surface area contributed by atoms with E-state index in [0.29, 0.717) is 17.5 Å². The van der Waals surface area contributed by atoms with Crippen LogP contribution in [-0.2, 0) is 11.2 Å². The zero-order valence-electron chi connectivity index (χ0n) is 20.9. The largest absolute Gasteiger partial charge is 0.456 e. The Morgan fingerprint density at radius 1 is 0.944 bits per heavy atom. The molecule has 0 unspecified atom stereocenters. The van der Waals surface area contributed by atoms with Crippen LogP contribution in [0.2, 0.25) is 0 Å². The smallest absolute Gasteiger partial charge is 0.252 e. The molecule has 1 aliphatic heterocycles. The first-order valence-corrected chi connectivity index (χ1v) is 12.9. The highest BCUT2D eigenvalue weighted by atomic mass is 16.5. The number of hydrogen-bond donors (Lipinski definition) is 1. The summed E-state index contributed by atoms with van der Waals surface area (Å²) in [4.78, 5) is 17.5. The number of methoxy groups -OCH3 is 1. The first-order valence-electron chi connectivity index (χ1n) is 12.9. The molecule has 0 amide bonds. The van der Waals surface area contributed by atoms with Crippen molar-refractivity contribution < 1.29 is 9.47 Å². The van der Waals surface area contributed by atoms with E-state index < -0.39 is 0 Å². The summed E-state index contributed by atoms with van der Waals surface area (Å²) >= 11 is 0. The molecule has 0 spiro atoms. The molecule has 36 heavy (non-hydrogen) atoms. The Labute approximate surface area is 212 Å². The van der Waals surface area contributed by atoms with Crippen LogP contribution in [0.15, 0.2) is 83.7 Å². The van der Waals surface area contributed by atoms with Gasteiger partial charge >= 0.3 is 0 Å². The average molecular weight is 483 g/mol. The van der Waals surface area contributed by atoms with E-state index in [1.165, 1.54) is 50.4 Å². The summed E-state index contributed by atoms with van der Waals surface area (Å²) in [6.45, 7) is 3.23. The number of aromatic amines is 1. The fourth-order valence-corrected chi connectivity index (χ4v) is 5.20. The quantitative estimate of drug-likeness (QED) is 0.265. The van der Waals surface area contributed by atoms with Crippen molar-refractivity contribution in [2.45, 2.75) is 38.1 Å². The fourth-order valence-electron chi connectivity index (χ4n) is 5.20. The van der Waals surface area contributed by atoms with Crippen molar-refractivity contribution >= 4 is 10.9 Å². The molecule has 186 valence electrons. The lowest BCUT2D eigenvalue weighted by Crippen LogP contribution is -2.33. The Morgan fingerprint density at radius 2 is 1.81 bits per heavy atom. The lowest BCUT2D eigenvalue weighted by Gasteiger charge is -2.23. The molecule has 0 saturated carbocycles. The average Bonchev–Trinajstić information content (AvgIpc) is 3.34. The van der Waals surface area contributed by atoms with Crippen LogP contribution < -0.4 is 10.3 Å². The Morgan fingerprint density at radius 3 is 2.67 bits per heavy atom. The van der Waals surface area contributed by atoms with Gasteiger partial charge in [-0.3, -0.25) is 9.69 Å². The van der Waals surface area contributed by atoms with Gasteiger partial charge in [0.15, 0.2) is 0 Å². The van der Waals surface area contributed by atoms with Gasteiger partial charge in [-0.05, 0) is 86.1 Å². The maximum absolute atomic E-state index is 12.1. The molecule has 3 aromatic carbocycles. The summed E-state index contributed by atoms with van der Waals surface area (Å²) in [5.74, 6) is 1.27. The van der Waals surface area contributed by atoms with E-state index in [1.54, 1.807) is 7.11 Å². The van der Waals surface area contributed by atoms with Crippen LogP contribution >= 0.6 is 0 Å². The number of hydrogen-bond acceptors (Lipinski definition) is 4. The van der Waals surface area contributed by atoms with Crippen molar-refractivity contribution in [1.82, 2.24) is 9.88 Å². The van der Waals surface area contributed by atoms with E-state index in [2.05, 4.69) is 40.2 Å². The van der Waals surface area contributed by atoms with Crippen LogP contribution in [0, 0.1) is 0 Å². The van der Waals surface area contributed by atoms with E-state index in [0.717, 1.165) is 35.1 Å². The van der Waals surface area contributed by atoms with Gasteiger partial charge in [-0.2, -0.15) is 0 Å². The van der Waals surface area contributed by atoms with Gasteiger partial charge < -0.3 is 14.5 Å². The van der Waals surface area contributed by atoms with Crippen LogP contribution in [-0.4, -0.2) is 42.7 Å². The van der Waals surface area contributed by atoms with Gasteiger partial charge in [-0.25, -0.2) is 0 Å². The number of unbranched alkanes of at least 4 members (excludes halogenated alkanes) is 1. The fraction of sp³-hybridized carbons (Fsp3) is 0.323. The topological polar surface area (TPSA) is 54.6 Å². The van der Waals surface area contributed by atoms with Crippen LogP contribution in [0.25, 0.3) is 22.0 Å². The first-order chi connectivity index (χ1) is 17.7. The molecule has 1 aromatic heterocycles. The van der Waals surface area contributed by atoms with E-state index in [-0.39, 0.29) is 5.56 Å². The number of aryl methyl sites for hydroxylation is 1. The molecule has 1 saturated heterocycles. The van der Waals surface area contributed by atoms with E-state index in [4.69, 9.17) is 9.47 Å². The minimum absolute atomic E-state index is 0.175. The number of aromatic nitrogens is 1. The third-order valence-electron chi connectivity index (χ3n) is 7.08. The van der Waals surface area contributed by atoms with Crippen molar-refractivity contribution in [3.05, 3.63) is 94.8 Å². The van der Waals surface area contributed by atoms with Crippen LogP contribution in [0.1, 0.15) is 31.2 Å². The Bertz CT molecular complexity index is 1350. The Balaban J connectivity index is 1.20. The molecule has 2 heterocycles. The summed E-state index contributed by atoms with van der Waals surface area (Å²) < 4.78 is 11.5. The number of H-pyrrole nitrogens is 1. The second-order valence-electron chi connectivity index (χ2n) is 9.61. The third kappa shape index (κ3) is 5.86. The van der Waals surface area contributed by atoms with Crippen LogP contribution in [0.5, 0.6) is 11.5 Å². The normalized spacial score (nSPS) is 16.0. The Kier molecular flexibility index (Phi) is 7.79. The lowest BCUT2D eigenvalue weighted by molar-refractivity contribution is 0.114. The molecule has 1 N–H and O–H groups in total. The molecule has 1 atom stereocenters. The highest BCUT2D eigenvalue weighted by Crippen LogP contribution is 2.30. The molecular weight excluding hydrogens is 448 g/mol. The molecule has 5 heteroatoms. The third-order valence-corrected chi connectivity index (χ3v) is 7.08. The number of rotatable bonds is 10. The maximum Gasteiger partial charge on any atom is 0.252 e. The number of ether oxygens (including phenoxy) is 2. The molecule has 1 fully saturated rings. The summed E-state index contributed by atoms with van der Waals surface area (Å²) in [5, 5.41) is 0.880. The SMILES string of the molecule is COC[C@@H]1CCCN1CCCCc1ccc(-c2cccc(Oc3cc(=O)[nH]c4ccccc34)c2)cc1. The number of nitrogens with zero attached hydrogens (tertiary/aromatic N) is 1. The van der Waals surface area contributed by atoms with Gasteiger partial charge in [-0.1, -0.05) is 48.5 Å². The monoisotopic (exact) mass is 482 g/mol. The number of benzene rings is 3. The Hall–Kier alpha value is -3.41. The van der Waals surface area contributed by atoms with Crippen molar-refractivity contribution in [1.29, 1.82) is 0 Å². The minimum atomic E-state index is -0.175. The van der Waals surface area contributed by atoms with Gasteiger partial charge in [0.25, 0.3) is 5.56 Å². The molecule has 1 aliphatic rings. The van der Waals surface area contributed by atoms with E-state index in [1.807, 2.05) is 42.5 Å². The van der Waals surface area contributed by atoms with Gasteiger partial charge in [0, 0.05) is 24.6 Å². The molecule has 4 aromatic rings. The predicted octanol–water partition coefficient (Wildman–Crippen LogP) is 6.42. The number of para-hydroxylation sites is 1. The van der Waals surface area contributed by atoms with Crippen molar-refractivity contribution in [3.8, 4) is 22.6 Å².